The Balaban J connectivity index is 2.39. The van der Waals surface area contributed by atoms with Gasteiger partial charge in [0.2, 0.25) is 5.78 Å². The molecule has 0 aliphatic heterocycles. The van der Waals surface area contributed by atoms with Crippen LogP contribution in [0, 0.1) is 5.41 Å². The lowest BCUT2D eigenvalue weighted by Crippen LogP contribution is -2.64. The van der Waals surface area contributed by atoms with E-state index in [0.717, 1.165) is 0 Å². The zero-order chi connectivity index (χ0) is 20.7. The number of Topliss-reactive ketones (excluding diaryl/α,β-unsaturated/α-hetero) is 1. The number of hydrogen-bond acceptors (Lipinski definition) is 6. The summed E-state index contributed by atoms with van der Waals surface area (Å²) in [6, 6.07) is 13.1. The smallest absolute Gasteiger partial charge is 0.378 e. The number of carboxylic acid groups (broad SMARTS) is 1. The normalized spacial score (nSPS) is 12.5. The van der Waals surface area contributed by atoms with Crippen molar-refractivity contribution >= 4 is 23.5 Å². The second-order valence-corrected chi connectivity index (χ2v) is 5.74. The molecule has 2 rings (SSSR count). The number of amides is 1. The van der Waals surface area contributed by atoms with Crippen molar-refractivity contribution in [3.05, 3.63) is 65.7 Å². The zero-order valence-corrected chi connectivity index (χ0v) is 14.7. The van der Waals surface area contributed by atoms with Gasteiger partial charge in [0, 0.05) is 17.5 Å². The number of nitrogens with two attached hydrogens (primary N) is 1. The minimum Gasteiger partial charge on any atom is -0.476 e. The lowest BCUT2D eigenvalue weighted by molar-refractivity contribution is -0.164. The summed E-state index contributed by atoms with van der Waals surface area (Å²) >= 11 is 0. The maximum atomic E-state index is 12.6. The molecule has 6 N–H and O–H groups in total. The van der Waals surface area contributed by atoms with Crippen molar-refractivity contribution in [1.82, 2.24) is 5.32 Å². The van der Waals surface area contributed by atoms with Crippen LogP contribution in [0.2, 0.25) is 0 Å². The van der Waals surface area contributed by atoms with E-state index in [2.05, 4.69) is 5.32 Å². The molecule has 1 unspecified atom stereocenters. The number of aliphatic hydroxyl groups excluding tert-OH is 1. The van der Waals surface area contributed by atoms with Crippen molar-refractivity contribution in [3.8, 4) is 5.75 Å². The number of benzene rings is 2. The number of aliphatic carboxylic acids is 1. The molecule has 9 heteroatoms. The molecule has 146 valence electrons. The maximum Gasteiger partial charge on any atom is 0.378 e. The zero-order valence-electron chi connectivity index (χ0n) is 14.7. The van der Waals surface area contributed by atoms with Crippen molar-refractivity contribution in [2.75, 3.05) is 6.61 Å². The second-order valence-electron chi connectivity index (χ2n) is 5.74. The Morgan fingerprint density at radius 2 is 1.61 bits per heavy atom. The molecule has 0 heterocycles. The van der Waals surface area contributed by atoms with E-state index in [1.165, 1.54) is 36.4 Å². The average molecular weight is 385 g/mol. The van der Waals surface area contributed by atoms with E-state index in [9.17, 15) is 19.5 Å². The first kappa shape index (κ1) is 20.6. The van der Waals surface area contributed by atoms with Crippen LogP contribution in [-0.4, -0.2) is 46.0 Å². The van der Waals surface area contributed by atoms with E-state index in [1.807, 2.05) is 0 Å². The van der Waals surface area contributed by atoms with Gasteiger partial charge in [-0.1, -0.05) is 30.3 Å². The first-order valence-electron chi connectivity index (χ1n) is 8.18. The van der Waals surface area contributed by atoms with E-state index >= 15 is 0 Å². The number of carbonyl (C=O) groups excluding carboxylic acids is 2. The third-order valence-electron chi connectivity index (χ3n) is 3.79. The van der Waals surface area contributed by atoms with Crippen LogP contribution >= 0.6 is 0 Å². The standard InChI is InChI=1S/C19H19N3O6/c20-16(21)12-6-8-13(9-7-12)17(25)22-19(18(26)27,15(24)10-11-23)28-14-4-2-1-3-5-14/h1-9,23H,10-11H2,(H3,20,21)(H,22,25)(H,26,27). The van der Waals surface area contributed by atoms with Crippen LogP contribution in [0.25, 0.3) is 0 Å². The minimum absolute atomic E-state index is 0.0316. The SMILES string of the molecule is N=C(N)c1ccc(C(=O)NC(Oc2ccccc2)(C(=O)O)C(=O)CCO)cc1. The summed E-state index contributed by atoms with van der Waals surface area (Å²) in [5.74, 6) is -3.80. The highest BCUT2D eigenvalue weighted by Crippen LogP contribution is 2.20. The summed E-state index contributed by atoms with van der Waals surface area (Å²) in [6.45, 7) is -0.616. The topological polar surface area (TPSA) is 163 Å². The van der Waals surface area contributed by atoms with Crippen LogP contribution < -0.4 is 15.8 Å². The Bertz CT molecular complexity index is 882. The van der Waals surface area contributed by atoms with Crippen molar-refractivity contribution < 1.29 is 29.3 Å². The lowest BCUT2D eigenvalue weighted by atomic mass is 10.0. The summed E-state index contributed by atoms with van der Waals surface area (Å²) in [5, 5.41) is 28.2. The van der Waals surface area contributed by atoms with E-state index in [1.54, 1.807) is 18.2 Å². The van der Waals surface area contributed by atoms with E-state index in [0.29, 0.717) is 5.56 Å². The molecule has 0 bridgehead atoms. The summed E-state index contributed by atoms with van der Waals surface area (Å²) in [7, 11) is 0. The third-order valence-corrected chi connectivity index (χ3v) is 3.79. The Morgan fingerprint density at radius 1 is 1.04 bits per heavy atom. The number of carbonyl (C=O) groups is 3. The summed E-state index contributed by atoms with van der Waals surface area (Å²) < 4.78 is 5.39. The Morgan fingerprint density at radius 3 is 2.11 bits per heavy atom. The van der Waals surface area contributed by atoms with Gasteiger partial charge in [-0.25, -0.2) is 4.79 Å². The number of ketones is 1. The van der Waals surface area contributed by atoms with Crippen molar-refractivity contribution in [2.24, 2.45) is 5.73 Å². The van der Waals surface area contributed by atoms with Crippen LogP contribution in [-0.2, 0) is 9.59 Å². The number of aliphatic hydroxyl groups is 1. The van der Waals surface area contributed by atoms with Gasteiger partial charge in [0.25, 0.3) is 5.91 Å². The minimum atomic E-state index is -2.72. The van der Waals surface area contributed by atoms with Gasteiger partial charge in [-0.3, -0.25) is 20.3 Å². The molecule has 9 nitrogen and oxygen atoms in total. The average Bonchev–Trinajstić information content (AvgIpc) is 2.68. The molecule has 0 saturated heterocycles. The fraction of sp³-hybridized carbons (Fsp3) is 0.158. The van der Waals surface area contributed by atoms with Gasteiger partial charge < -0.3 is 20.7 Å². The van der Waals surface area contributed by atoms with E-state index in [4.69, 9.17) is 21.0 Å². The molecular weight excluding hydrogens is 366 g/mol. The monoisotopic (exact) mass is 385 g/mol. The number of nitrogens with one attached hydrogen (secondary N) is 2. The first-order valence-corrected chi connectivity index (χ1v) is 8.18. The highest BCUT2D eigenvalue weighted by atomic mass is 16.5. The number of rotatable bonds is 9. The molecule has 1 amide bonds. The molecule has 0 aliphatic carbocycles. The van der Waals surface area contributed by atoms with Gasteiger partial charge in [-0.2, -0.15) is 0 Å². The largest absolute Gasteiger partial charge is 0.476 e. The molecule has 0 radical (unpaired) electrons. The summed E-state index contributed by atoms with van der Waals surface area (Å²) in [5.41, 5.74) is 3.04. The fourth-order valence-electron chi connectivity index (χ4n) is 2.34. The summed E-state index contributed by atoms with van der Waals surface area (Å²) in [6.07, 6.45) is -0.539. The quantitative estimate of drug-likeness (QED) is 0.182. The van der Waals surface area contributed by atoms with Crippen molar-refractivity contribution in [2.45, 2.75) is 12.1 Å². The fourth-order valence-corrected chi connectivity index (χ4v) is 2.34. The summed E-state index contributed by atoms with van der Waals surface area (Å²) in [4.78, 5) is 37.1. The highest BCUT2D eigenvalue weighted by molar-refractivity contribution is 6.11. The van der Waals surface area contributed by atoms with Gasteiger partial charge >= 0.3 is 11.7 Å². The van der Waals surface area contributed by atoms with Crippen molar-refractivity contribution in [3.63, 3.8) is 0 Å². The van der Waals surface area contributed by atoms with Crippen LogP contribution in [0.5, 0.6) is 5.75 Å². The number of amidine groups is 1. The van der Waals surface area contributed by atoms with Crippen molar-refractivity contribution in [1.29, 1.82) is 5.41 Å². The third kappa shape index (κ3) is 4.51. The maximum absolute atomic E-state index is 12.6. The molecule has 1 atom stereocenters. The number of para-hydroxylation sites is 1. The molecule has 2 aromatic carbocycles. The highest BCUT2D eigenvalue weighted by Gasteiger charge is 2.50. The lowest BCUT2D eigenvalue weighted by Gasteiger charge is -2.29. The van der Waals surface area contributed by atoms with E-state index in [-0.39, 0.29) is 17.1 Å². The number of carboxylic acids is 1. The molecule has 0 saturated carbocycles. The molecule has 0 spiro atoms. The number of nitrogen functional groups attached to an aromatic ring is 1. The Labute approximate surface area is 160 Å². The van der Waals surface area contributed by atoms with Gasteiger partial charge in [0.05, 0.1) is 6.61 Å². The Kier molecular flexibility index (Phi) is 6.46. The Hall–Kier alpha value is -3.72. The molecule has 28 heavy (non-hydrogen) atoms. The second kappa shape index (κ2) is 8.78. The van der Waals surface area contributed by atoms with E-state index < -0.39 is 36.4 Å². The first-order chi connectivity index (χ1) is 13.3. The predicted molar refractivity (Wildman–Crippen MR) is 99.1 cm³/mol. The van der Waals surface area contributed by atoms with Gasteiger partial charge in [0.1, 0.15) is 11.6 Å². The molecule has 2 aromatic rings. The van der Waals surface area contributed by atoms with Crippen LogP contribution in [0.1, 0.15) is 22.3 Å². The van der Waals surface area contributed by atoms with Gasteiger partial charge in [0.15, 0.2) is 0 Å². The van der Waals surface area contributed by atoms with Crippen LogP contribution in [0.15, 0.2) is 54.6 Å². The van der Waals surface area contributed by atoms with Crippen LogP contribution in [0.4, 0.5) is 0 Å². The van der Waals surface area contributed by atoms with Crippen LogP contribution in [0.3, 0.4) is 0 Å². The molecule has 0 fully saturated rings. The van der Waals surface area contributed by atoms with Gasteiger partial charge in [-0.15, -0.1) is 0 Å². The molecule has 0 aliphatic rings. The molecular formula is C19H19N3O6. The number of hydrogen-bond donors (Lipinski definition) is 5. The van der Waals surface area contributed by atoms with Gasteiger partial charge in [-0.05, 0) is 24.3 Å². The number of ether oxygens (including phenoxy) is 1. The predicted octanol–water partition coefficient (Wildman–Crippen LogP) is 0.512. The molecule has 0 aromatic heterocycles.